The molecule has 1 aliphatic rings. The Morgan fingerprint density at radius 1 is 1.19 bits per heavy atom. The number of nitrogens with zero attached hydrogens (tertiary/aromatic N) is 3. The van der Waals surface area contributed by atoms with Gasteiger partial charge in [-0.2, -0.15) is 0 Å². The first kappa shape index (κ1) is 16.5. The molecule has 0 aliphatic heterocycles. The van der Waals surface area contributed by atoms with E-state index in [0.717, 1.165) is 31.2 Å². The minimum atomic E-state index is -0.769. The molecule has 4 rings (SSSR count). The van der Waals surface area contributed by atoms with E-state index in [9.17, 15) is 9.59 Å². The smallest absolute Gasteiger partial charge is 0.324 e. The molecule has 0 radical (unpaired) electrons. The molecule has 1 fully saturated rings. The molecule has 7 nitrogen and oxygen atoms in total. The van der Waals surface area contributed by atoms with Crippen molar-refractivity contribution in [3.8, 4) is 0 Å². The molecule has 3 aromatic rings. The number of amides is 1. The summed E-state index contributed by atoms with van der Waals surface area (Å²) in [6.07, 6.45) is 5.10. The van der Waals surface area contributed by atoms with Crippen LogP contribution in [-0.2, 0) is 11.3 Å². The number of hydrogen-bond donors (Lipinski definition) is 2. The quantitative estimate of drug-likeness (QED) is 0.749. The maximum Gasteiger partial charge on any atom is 0.350 e. The number of rotatable bonds is 4. The van der Waals surface area contributed by atoms with Crippen LogP contribution in [0.25, 0.3) is 5.65 Å². The van der Waals surface area contributed by atoms with Gasteiger partial charge in [0.1, 0.15) is 0 Å². The zero-order valence-corrected chi connectivity index (χ0v) is 14.4. The van der Waals surface area contributed by atoms with Crippen molar-refractivity contribution in [2.75, 3.05) is 5.32 Å². The lowest BCUT2D eigenvalue weighted by molar-refractivity contribution is -0.121. The highest BCUT2D eigenvalue weighted by Gasteiger charge is 2.36. The van der Waals surface area contributed by atoms with Crippen LogP contribution < -0.4 is 16.7 Å². The first-order chi connectivity index (χ1) is 12.5. The van der Waals surface area contributed by atoms with E-state index in [2.05, 4.69) is 10.4 Å². The third-order valence-corrected chi connectivity index (χ3v) is 4.95. The fourth-order valence-corrected chi connectivity index (χ4v) is 3.48. The number of benzene rings is 1. The number of aromatic nitrogens is 3. The zero-order valence-electron chi connectivity index (χ0n) is 14.4. The van der Waals surface area contributed by atoms with Gasteiger partial charge in [-0.15, -0.1) is 5.10 Å². The van der Waals surface area contributed by atoms with Crippen LogP contribution in [0.3, 0.4) is 0 Å². The summed E-state index contributed by atoms with van der Waals surface area (Å²) in [6, 6.07) is 12.9. The molecule has 26 heavy (non-hydrogen) atoms. The Morgan fingerprint density at radius 2 is 2.00 bits per heavy atom. The first-order valence-corrected chi connectivity index (χ1v) is 8.79. The van der Waals surface area contributed by atoms with Crippen molar-refractivity contribution in [2.24, 2.45) is 5.73 Å². The van der Waals surface area contributed by atoms with Crippen molar-refractivity contribution < 1.29 is 4.79 Å². The van der Waals surface area contributed by atoms with Crippen molar-refractivity contribution in [3.05, 3.63) is 64.7 Å². The molecular formula is C19H21N5O2. The number of nitrogens with one attached hydrogen (secondary N) is 1. The van der Waals surface area contributed by atoms with Gasteiger partial charge >= 0.3 is 5.69 Å². The van der Waals surface area contributed by atoms with Crippen molar-refractivity contribution in [2.45, 2.75) is 37.8 Å². The van der Waals surface area contributed by atoms with Crippen LogP contribution in [0.5, 0.6) is 0 Å². The highest BCUT2D eigenvalue weighted by molar-refractivity contribution is 5.98. The normalized spacial score (nSPS) is 16.0. The second kappa shape index (κ2) is 6.42. The minimum Gasteiger partial charge on any atom is -0.324 e. The molecule has 0 saturated heterocycles. The molecule has 0 unspecified atom stereocenters. The van der Waals surface area contributed by atoms with Gasteiger partial charge in [0.05, 0.1) is 12.1 Å². The Hall–Kier alpha value is -2.93. The number of nitrogens with two attached hydrogens (primary N) is 1. The largest absolute Gasteiger partial charge is 0.350 e. The van der Waals surface area contributed by atoms with Crippen molar-refractivity contribution in [1.29, 1.82) is 0 Å². The Balaban J connectivity index is 1.55. The van der Waals surface area contributed by atoms with Gasteiger partial charge in [-0.25, -0.2) is 9.48 Å². The van der Waals surface area contributed by atoms with Gasteiger partial charge in [-0.05, 0) is 42.7 Å². The molecule has 2 aromatic heterocycles. The third kappa shape index (κ3) is 3.01. The maximum atomic E-state index is 12.5. The summed E-state index contributed by atoms with van der Waals surface area (Å²) in [5.74, 6) is -0.142. The average Bonchev–Trinajstić information content (AvgIpc) is 3.21. The summed E-state index contributed by atoms with van der Waals surface area (Å²) in [7, 11) is 0. The predicted octanol–water partition coefficient (Wildman–Crippen LogP) is 1.75. The average molecular weight is 351 g/mol. The maximum absolute atomic E-state index is 12.5. The van der Waals surface area contributed by atoms with Gasteiger partial charge in [0.25, 0.3) is 0 Å². The number of pyridine rings is 1. The SMILES string of the molecule is NC1(C(=O)Nc2cccc(Cn3nc4ccccn4c3=O)c2)CCCC1. The molecule has 1 aromatic carbocycles. The van der Waals surface area contributed by atoms with E-state index in [0.29, 0.717) is 17.9 Å². The predicted molar refractivity (Wildman–Crippen MR) is 99.0 cm³/mol. The van der Waals surface area contributed by atoms with E-state index in [-0.39, 0.29) is 11.6 Å². The lowest BCUT2D eigenvalue weighted by Crippen LogP contribution is -2.48. The van der Waals surface area contributed by atoms with Gasteiger partial charge < -0.3 is 11.1 Å². The second-order valence-electron chi connectivity index (χ2n) is 6.89. The fourth-order valence-electron chi connectivity index (χ4n) is 3.48. The first-order valence-electron chi connectivity index (χ1n) is 8.79. The summed E-state index contributed by atoms with van der Waals surface area (Å²) < 4.78 is 2.92. The van der Waals surface area contributed by atoms with Gasteiger partial charge in [0, 0.05) is 11.9 Å². The highest BCUT2D eigenvalue weighted by atomic mass is 16.2. The Bertz CT molecular complexity index is 1010. The summed E-state index contributed by atoms with van der Waals surface area (Å²) in [5, 5.41) is 7.25. The van der Waals surface area contributed by atoms with Gasteiger partial charge in [0.2, 0.25) is 5.91 Å². The topological polar surface area (TPSA) is 94.4 Å². The number of hydrogen-bond acceptors (Lipinski definition) is 4. The molecule has 134 valence electrons. The molecule has 1 saturated carbocycles. The fraction of sp³-hybridized carbons (Fsp3) is 0.316. The van der Waals surface area contributed by atoms with Gasteiger partial charge in [0.15, 0.2) is 5.65 Å². The van der Waals surface area contributed by atoms with Gasteiger partial charge in [-0.3, -0.25) is 9.20 Å². The number of fused-ring (bicyclic) bond motifs is 1. The van der Waals surface area contributed by atoms with E-state index in [1.54, 1.807) is 18.3 Å². The third-order valence-electron chi connectivity index (χ3n) is 4.95. The molecule has 1 amide bonds. The van der Waals surface area contributed by atoms with Crippen LogP contribution in [0.15, 0.2) is 53.5 Å². The van der Waals surface area contributed by atoms with Crippen LogP contribution in [0.2, 0.25) is 0 Å². The van der Waals surface area contributed by atoms with Crippen LogP contribution in [0.4, 0.5) is 5.69 Å². The van der Waals surface area contributed by atoms with E-state index in [1.165, 1.54) is 9.08 Å². The lowest BCUT2D eigenvalue weighted by Gasteiger charge is -2.22. The summed E-state index contributed by atoms with van der Waals surface area (Å²) in [4.78, 5) is 24.9. The molecule has 7 heteroatoms. The molecular weight excluding hydrogens is 330 g/mol. The lowest BCUT2D eigenvalue weighted by atomic mass is 9.98. The number of anilines is 1. The summed E-state index contributed by atoms with van der Waals surface area (Å²) in [5.41, 5.74) is 7.41. The van der Waals surface area contributed by atoms with E-state index in [1.807, 2.05) is 30.3 Å². The monoisotopic (exact) mass is 351 g/mol. The van der Waals surface area contributed by atoms with Crippen LogP contribution in [-0.4, -0.2) is 25.6 Å². The second-order valence-corrected chi connectivity index (χ2v) is 6.89. The molecule has 0 bridgehead atoms. The molecule has 1 aliphatic carbocycles. The molecule has 2 heterocycles. The van der Waals surface area contributed by atoms with Crippen molar-refractivity contribution in [3.63, 3.8) is 0 Å². The van der Waals surface area contributed by atoms with Crippen molar-refractivity contribution >= 4 is 17.2 Å². The summed E-state index contributed by atoms with van der Waals surface area (Å²) >= 11 is 0. The Kier molecular flexibility index (Phi) is 4.08. The zero-order chi connectivity index (χ0) is 18.1. The number of carbonyl (C=O) groups is 1. The Labute approximate surface area is 150 Å². The molecule has 3 N–H and O–H groups in total. The Morgan fingerprint density at radius 3 is 2.77 bits per heavy atom. The van der Waals surface area contributed by atoms with E-state index < -0.39 is 5.54 Å². The van der Waals surface area contributed by atoms with E-state index in [4.69, 9.17) is 5.73 Å². The number of carbonyl (C=O) groups excluding carboxylic acids is 1. The van der Waals surface area contributed by atoms with Crippen LogP contribution in [0, 0.1) is 0 Å². The van der Waals surface area contributed by atoms with E-state index >= 15 is 0 Å². The van der Waals surface area contributed by atoms with Crippen molar-refractivity contribution in [1.82, 2.24) is 14.2 Å². The van der Waals surface area contributed by atoms with Crippen LogP contribution >= 0.6 is 0 Å². The minimum absolute atomic E-state index is 0.142. The standard InChI is InChI=1S/C19H21N5O2/c20-19(9-2-3-10-19)17(25)21-15-7-5-6-14(12-15)13-24-18(26)23-11-4-1-8-16(23)22-24/h1,4-8,11-12H,2-3,9-10,13,20H2,(H,21,25). The molecule has 0 spiro atoms. The highest BCUT2D eigenvalue weighted by Crippen LogP contribution is 2.28. The van der Waals surface area contributed by atoms with Gasteiger partial charge in [-0.1, -0.05) is 31.0 Å². The molecule has 0 atom stereocenters. The van der Waals surface area contributed by atoms with Crippen LogP contribution in [0.1, 0.15) is 31.2 Å². The summed E-state index contributed by atoms with van der Waals surface area (Å²) in [6.45, 7) is 0.331.